The van der Waals surface area contributed by atoms with Crippen molar-refractivity contribution in [1.82, 2.24) is 10.2 Å². The lowest BCUT2D eigenvalue weighted by molar-refractivity contribution is -0.159. The molecule has 0 radical (unpaired) electrons. The molecule has 3 fully saturated rings. The summed E-state index contributed by atoms with van der Waals surface area (Å²) in [4.78, 5) is 15.6. The van der Waals surface area contributed by atoms with Crippen LogP contribution in [0.1, 0.15) is 51.9 Å². The van der Waals surface area contributed by atoms with Gasteiger partial charge in [-0.25, -0.2) is 0 Å². The van der Waals surface area contributed by atoms with Gasteiger partial charge in [-0.1, -0.05) is 13.3 Å². The Morgan fingerprint density at radius 3 is 2.96 bits per heavy atom. The first-order valence-corrected chi connectivity index (χ1v) is 10.0. The Labute approximate surface area is 145 Å². The highest BCUT2D eigenvalue weighted by molar-refractivity contribution is 5.75. The van der Waals surface area contributed by atoms with Gasteiger partial charge >= 0.3 is 5.97 Å². The fraction of sp³-hybridized carbons (Fsp3) is 0.850. The van der Waals surface area contributed by atoms with Gasteiger partial charge in [0, 0.05) is 17.2 Å². The van der Waals surface area contributed by atoms with E-state index < -0.39 is 0 Å². The Bertz CT molecular complexity index is 600. The van der Waals surface area contributed by atoms with E-state index in [0.29, 0.717) is 17.9 Å². The van der Waals surface area contributed by atoms with Crippen molar-refractivity contribution in [2.24, 2.45) is 23.2 Å². The Balaban J connectivity index is 1.68. The molecule has 5 aliphatic rings. The van der Waals surface area contributed by atoms with Crippen LogP contribution in [0.3, 0.4) is 0 Å². The molecule has 5 rings (SSSR count). The number of carbonyl (C=O) groups excluding carboxylic acids is 1. The zero-order chi connectivity index (χ0) is 16.5. The molecule has 6 unspecified atom stereocenters. The van der Waals surface area contributed by atoms with E-state index in [2.05, 4.69) is 17.1 Å². The molecule has 2 bridgehead atoms. The van der Waals surface area contributed by atoms with Gasteiger partial charge in [0.2, 0.25) is 0 Å². The smallest absolute Gasteiger partial charge is 0.311 e. The molecular formula is C20H30N2O2. The molecule has 4 heteroatoms. The fourth-order valence-electron chi connectivity index (χ4n) is 7.44. The Kier molecular flexibility index (Phi) is 3.32. The van der Waals surface area contributed by atoms with E-state index in [1.165, 1.54) is 57.3 Å². The third kappa shape index (κ3) is 1.66. The van der Waals surface area contributed by atoms with Crippen LogP contribution in [0.5, 0.6) is 0 Å². The fourth-order valence-corrected chi connectivity index (χ4v) is 7.44. The van der Waals surface area contributed by atoms with E-state index in [9.17, 15) is 4.79 Å². The predicted octanol–water partition coefficient (Wildman–Crippen LogP) is 2.70. The predicted molar refractivity (Wildman–Crippen MR) is 92.2 cm³/mol. The summed E-state index contributed by atoms with van der Waals surface area (Å²) in [5.41, 5.74) is 3.43. The summed E-state index contributed by atoms with van der Waals surface area (Å²) >= 11 is 0. The van der Waals surface area contributed by atoms with Crippen LogP contribution in [0.15, 0.2) is 11.3 Å². The van der Waals surface area contributed by atoms with E-state index in [4.69, 9.17) is 4.74 Å². The van der Waals surface area contributed by atoms with Crippen molar-refractivity contribution in [3.8, 4) is 0 Å². The molecule has 1 spiro atoms. The molecular weight excluding hydrogens is 300 g/mol. The van der Waals surface area contributed by atoms with Crippen molar-refractivity contribution in [1.29, 1.82) is 0 Å². The van der Waals surface area contributed by atoms with Crippen molar-refractivity contribution < 1.29 is 9.53 Å². The highest BCUT2D eigenvalue weighted by Gasteiger charge is 2.69. The summed E-state index contributed by atoms with van der Waals surface area (Å²) in [7, 11) is 1.58. The number of rotatable bonds is 2. The maximum absolute atomic E-state index is 12.9. The van der Waals surface area contributed by atoms with E-state index in [1.54, 1.807) is 12.7 Å². The topological polar surface area (TPSA) is 41.6 Å². The molecule has 3 aliphatic heterocycles. The Morgan fingerprint density at radius 2 is 2.17 bits per heavy atom. The number of carbonyl (C=O) groups is 1. The van der Waals surface area contributed by atoms with Crippen LogP contribution in [-0.4, -0.2) is 43.2 Å². The summed E-state index contributed by atoms with van der Waals surface area (Å²) in [5, 5.41) is 3.90. The second-order valence-electron chi connectivity index (χ2n) is 8.63. The van der Waals surface area contributed by atoms with Crippen LogP contribution in [0.25, 0.3) is 0 Å². The van der Waals surface area contributed by atoms with E-state index in [0.717, 1.165) is 6.42 Å². The van der Waals surface area contributed by atoms with Gasteiger partial charge in [-0.15, -0.1) is 0 Å². The quantitative estimate of drug-likeness (QED) is 0.791. The van der Waals surface area contributed by atoms with Crippen LogP contribution in [0.2, 0.25) is 0 Å². The Hall–Kier alpha value is -1.03. The Morgan fingerprint density at radius 1 is 1.33 bits per heavy atom. The van der Waals surface area contributed by atoms with E-state index in [1.807, 2.05) is 0 Å². The number of hydrogen-bond acceptors (Lipinski definition) is 4. The van der Waals surface area contributed by atoms with Crippen LogP contribution >= 0.6 is 0 Å². The number of ether oxygens (including phenoxy) is 1. The number of hydrogen-bond donors (Lipinski definition) is 1. The first-order chi connectivity index (χ1) is 11.7. The van der Waals surface area contributed by atoms with E-state index >= 15 is 0 Å². The number of piperidine rings is 1. The van der Waals surface area contributed by atoms with Crippen LogP contribution in [0, 0.1) is 23.2 Å². The molecule has 0 aromatic carbocycles. The lowest BCUT2D eigenvalue weighted by Gasteiger charge is -2.58. The van der Waals surface area contributed by atoms with Crippen molar-refractivity contribution >= 4 is 5.97 Å². The molecule has 2 aliphatic carbocycles. The van der Waals surface area contributed by atoms with Crippen molar-refractivity contribution in [3.63, 3.8) is 0 Å². The van der Waals surface area contributed by atoms with Crippen molar-refractivity contribution in [2.45, 2.75) is 64.0 Å². The molecule has 2 saturated heterocycles. The second kappa shape index (κ2) is 5.23. The van der Waals surface area contributed by atoms with Gasteiger partial charge < -0.3 is 10.1 Å². The molecule has 0 aromatic rings. The maximum Gasteiger partial charge on any atom is 0.311 e. The summed E-state index contributed by atoms with van der Waals surface area (Å²) in [5.74, 6) is 1.22. The largest absolute Gasteiger partial charge is 0.469 e. The summed E-state index contributed by atoms with van der Waals surface area (Å²) in [6.45, 7) is 4.73. The highest BCUT2D eigenvalue weighted by atomic mass is 16.5. The van der Waals surface area contributed by atoms with Gasteiger partial charge in [-0.3, -0.25) is 9.69 Å². The number of allylic oxidation sites excluding steroid dienone is 1. The van der Waals surface area contributed by atoms with Gasteiger partial charge in [0.05, 0.1) is 19.1 Å². The monoisotopic (exact) mass is 330 g/mol. The van der Waals surface area contributed by atoms with Crippen LogP contribution in [0.4, 0.5) is 0 Å². The minimum absolute atomic E-state index is 0.0361. The molecule has 3 heterocycles. The zero-order valence-electron chi connectivity index (χ0n) is 15.0. The van der Waals surface area contributed by atoms with Crippen molar-refractivity contribution in [3.05, 3.63) is 11.3 Å². The van der Waals surface area contributed by atoms with Crippen LogP contribution < -0.4 is 5.32 Å². The molecule has 24 heavy (non-hydrogen) atoms. The molecule has 6 atom stereocenters. The molecule has 4 nitrogen and oxygen atoms in total. The van der Waals surface area contributed by atoms with Gasteiger partial charge in [0.1, 0.15) is 0 Å². The SMILES string of the molecule is CCC1C2CCN3CCC4(C5=C(CCCC5)NC4C2C(=O)OC)C13. The summed E-state index contributed by atoms with van der Waals surface area (Å²) < 4.78 is 5.33. The van der Waals surface area contributed by atoms with Gasteiger partial charge in [0.25, 0.3) is 0 Å². The number of fused-ring (bicyclic) bond motifs is 1. The van der Waals surface area contributed by atoms with E-state index in [-0.39, 0.29) is 23.3 Å². The number of nitrogens with zero attached hydrogens (tertiary/aromatic N) is 1. The standard InChI is InChI=1S/C20H30N2O2/c1-3-12-13-8-10-22-11-9-20(18(12)22)14-6-4-5-7-15(14)21-17(20)16(13)19(23)24-2/h12-13,16-18,21H,3-11H2,1-2H3. The number of esters is 1. The number of methoxy groups -OCH3 is 1. The van der Waals surface area contributed by atoms with Crippen molar-refractivity contribution in [2.75, 3.05) is 20.2 Å². The lowest BCUT2D eigenvalue weighted by atomic mass is 9.51. The summed E-state index contributed by atoms with van der Waals surface area (Å²) in [6.07, 6.45) is 8.65. The second-order valence-corrected chi connectivity index (χ2v) is 8.63. The normalized spacial score (nSPS) is 46.3. The van der Waals surface area contributed by atoms with Gasteiger partial charge in [-0.2, -0.15) is 0 Å². The van der Waals surface area contributed by atoms with Gasteiger partial charge in [0.15, 0.2) is 0 Å². The minimum Gasteiger partial charge on any atom is -0.469 e. The van der Waals surface area contributed by atoms with Crippen LogP contribution in [-0.2, 0) is 9.53 Å². The summed E-state index contributed by atoms with van der Waals surface area (Å²) in [6, 6.07) is 0.946. The average Bonchev–Trinajstić information content (AvgIpc) is 3.17. The average molecular weight is 330 g/mol. The molecule has 0 aromatic heterocycles. The third-order valence-corrected chi connectivity index (χ3v) is 8.12. The molecule has 1 saturated carbocycles. The maximum atomic E-state index is 12.9. The molecule has 132 valence electrons. The highest BCUT2D eigenvalue weighted by Crippen LogP contribution is 2.64. The first kappa shape index (κ1) is 15.2. The lowest BCUT2D eigenvalue weighted by Crippen LogP contribution is -2.66. The third-order valence-electron chi connectivity index (χ3n) is 8.12. The van der Waals surface area contributed by atoms with Gasteiger partial charge in [-0.05, 0) is 69.0 Å². The zero-order valence-corrected chi connectivity index (χ0v) is 15.0. The molecule has 0 amide bonds. The minimum atomic E-state index is 0.0361. The first-order valence-electron chi connectivity index (χ1n) is 10.0. The molecule has 1 N–H and O–H groups in total. The number of nitrogens with one attached hydrogen (secondary N) is 1.